The molecule has 1 aromatic heterocycles. The Hall–Kier alpha value is -1.71. The van der Waals surface area contributed by atoms with E-state index in [2.05, 4.69) is 15.5 Å². The highest BCUT2D eigenvalue weighted by Crippen LogP contribution is 1.93. The minimum Gasteiger partial charge on any atom is -0.267 e. The van der Waals surface area contributed by atoms with Crippen LogP contribution in [0.15, 0.2) is 29.6 Å². The molecular formula is C8H9N3O. The van der Waals surface area contributed by atoms with Gasteiger partial charge < -0.3 is 0 Å². The van der Waals surface area contributed by atoms with Crippen LogP contribution in [0, 0.1) is 0 Å². The Balaban J connectivity index is 2.66. The summed E-state index contributed by atoms with van der Waals surface area (Å²) in [7, 11) is 0. The third-order valence-corrected chi connectivity index (χ3v) is 1.22. The van der Waals surface area contributed by atoms with Crippen molar-refractivity contribution in [1.29, 1.82) is 0 Å². The molecule has 1 amide bonds. The van der Waals surface area contributed by atoms with Crippen LogP contribution in [0.1, 0.15) is 17.3 Å². The summed E-state index contributed by atoms with van der Waals surface area (Å²) >= 11 is 0. The fourth-order valence-electron chi connectivity index (χ4n) is 0.685. The van der Waals surface area contributed by atoms with Crippen molar-refractivity contribution in [1.82, 2.24) is 10.4 Å². The average Bonchev–Trinajstić information content (AvgIpc) is 2.15. The molecule has 1 N–H and O–H groups in total. The molecule has 1 aromatic rings. The van der Waals surface area contributed by atoms with E-state index in [0.29, 0.717) is 5.56 Å². The lowest BCUT2D eigenvalue weighted by atomic mass is 10.3. The van der Waals surface area contributed by atoms with Gasteiger partial charge in [-0.05, 0) is 19.1 Å². The van der Waals surface area contributed by atoms with Gasteiger partial charge in [0.2, 0.25) is 0 Å². The van der Waals surface area contributed by atoms with Crippen LogP contribution in [0.3, 0.4) is 0 Å². The van der Waals surface area contributed by atoms with Gasteiger partial charge in [0.15, 0.2) is 0 Å². The first-order chi connectivity index (χ1) is 5.84. The van der Waals surface area contributed by atoms with Crippen molar-refractivity contribution in [3.05, 3.63) is 30.1 Å². The Morgan fingerprint density at radius 1 is 1.75 bits per heavy atom. The van der Waals surface area contributed by atoms with E-state index in [1.54, 1.807) is 25.3 Å². The molecule has 0 radical (unpaired) electrons. The molecular weight excluding hydrogens is 154 g/mol. The van der Waals surface area contributed by atoms with E-state index in [-0.39, 0.29) is 5.91 Å². The molecule has 1 heterocycles. The minimum atomic E-state index is -0.249. The molecule has 0 aromatic carbocycles. The molecule has 12 heavy (non-hydrogen) atoms. The predicted octanol–water partition coefficient (Wildman–Crippen LogP) is 0.817. The van der Waals surface area contributed by atoms with Crippen LogP contribution in [0.2, 0.25) is 0 Å². The first-order valence-corrected chi connectivity index (χ1v) is 3.52. The zero-order valence-electron chi connectivity index (χ0n) is 6.69. The van der Waals surface area contributed by atoms with Crippen molar-refractivity contribution in [2.45, 2.75) is 6.92 Å². The Morgan fingerprint density at radius 2 is 2.58 bits per heavy atom. The summed E-state index contributed by atoms with van der Waals surface area (Å²) in [5.74, 6) is -0.249. The Labute approximate surface area is 70.3 Å². The first kappa shape index (κ1) is 8.39. The highest BCUT2D eigenvalue weighted by molar-refractivity contribution is 5.93. The number of nitrogens with zero attached hydrogens (tertiary/aromatic N) is 2. The van der Waals surface area contributed by atoms with Gasteiger partial charge >= 0.3 is 0 Å². The monoisotopic (exact) mass is 163 g/mol. The van der Waals surface area contributed by atoms with Crippen LogP contribution >= 0.6 is 0 Å². The predicted molar refractivity (Wildman–Crippen MR) is 45.9 cm³/mol. The van der Waals surface area contributed by atoms with Crippen LogP contribution in [-0.2, 0) is 0 Å². The number of hydrogen-bond donors (Lipinski definition) is 1. The molecule has 4 nitrogen and oxygen atoms in total. The van der Waals surface area contributed by atoms with Gasteiger partial charge in [-0.15, -0.1) is 0 Å². The molecule has 0 fully saturated rings. The maximum atomic E-state index is 11.1. The smallest absolute Gasteiger partial charge is 0.267 e. The lowest BCUT2D eigenvalue weighted by Crippen LogP contribution is -2.17. The summed E-state index contributed by atoms with van der Waals surface area (Å²) in [6.45, 7) is 1.73. The zero-order valence-corrected chi connectivity index (χ0v) is 6.69. The lowest BCUT2D eigenvalue weighted by Gasteiger charge is -1.96. The van der Waals surface area contributed by atoms with Gasteiger partial charge in [-0.2, -0.15) is 5.10 Å². The topological polar surface area (TPSA) is 54.4 Å². The quantitative estimate of drug-likeness (QED) is 0.518. The van der Waals surface area contributed by atoms with Crippen LogP contribution in [0.25, 0.3) is 0 Å². The van der Waals surface area contributed by atoms with Crippen LogP contribution in [0.4, 0.5) is 0 Å². The van der Waals surface area contributed by atoms with Crippen molar-refractivity contribution in [2.75, 3.05) is 0 Å². The molecule has 62 valence electrons. The number of hydrogen-bond acceptors (Lipinski definition) is 3. The third kappa shape index (κ3) is 2.16. The van der Waals surface area contributed by atoms with Gasteiger partial charge in [-0.1, -0.05) is 0 Å². The maximum Gasteiger partial charge on any atom is 0.272 e. The molecule has 0 atom stereocenters. The second kappa shape index (κ2) is 4.23. The molecule has 1 rings (SSSR count). The second-order valence-corrected chi connectivity index (χ2v) is 2.07. The number of rotatable bonds is 2. The molecule has 0 spiro atoms. The van der Waals surface area contributed by atoms with Crippen LogP contribution < -0.4 is 5.43 Å². The van der Waals surface area contributed by atoms with Crippen LogP contribution in [0.5, 0.6) is 0 Å². The molecule has 0 saturated carbocycles. The van der Waals surface area contributed by atoms with Gasteiger partial charge in [0.05, 0.1) is 5.56 Å². The number of pyridine rings is 1. The Kier molecular flexibility index (Phi) is 2.95. The number of hydrazone groups is 1. The van der Waals surface area contributed by atoms with Gasteiger partial charge in [0, 0.05) is 18.6 Å². The minimum absolute atomic E-state index is 0.249. The summed E-state index contributed by atoms with van der Waals surface area (Å²) in [5, 5.41) is 3.60. The first-order valence-electron chi connectivity index (χ1n) is 3.52. The van der Waals surface area contributed by atoms with E-state index in [9.17, 15) is 4.79 Å². The number of aromatic nitrogens is 1. The van der Waals surface area contributed by atoms with E-state index >= 15 is 0 Å². The van der Waals surface area contributed by atoms with E-state index in [1.807, 2.05) is 0 Å². The third-order valence-electron chi connectivity index (χ3n) is 1.22. The summed E-state index contributed by atoms with van der Waals surface area (Å²) in [4.78, 5) is 14.9. The van der Waals surface area contributed by atoms with Gasteiger partial charge in [0.1, 0.15) is 0 Å². The zero-order chi connectivity index (χ0) is 8.81. The number of amides is 1. The number of carbonyl (C=O) groups excluding carboxylic acids is 1. The van der Waals surface area contributed by atoms with E-state index in [4.69, 9.17) is 0 Å². The highest BCUT2D eigenvalue weighted by Gasteiger charge is 2.01. The van der Waals surface area contributed by atoms with Gasteiger partial charge in [-0.25, -0.2) is 5.43 Å². The molecule has 0 aliphatic carbocycles. The molecule has 0 aliphatic rings. The summed E-state index contributed by atoms with van der Waals surface area (Å²) in [6.07, 6.45) is 4.61. The fraction of sp³-hybridized carbons (Fsp3) is 0.125. The maximum absolute atomic E-state index is 11.1. The summed E-state index contributed by atoms with van der Waals surface area (Å²) < 4.78 is 0. The molecule has 0 unspecified atom stereocenters. The number of nitrogens with one attached hydrogen (secondary N) is 1. The fourth-order valence-corrected chi connectivity index (χ4v) is 0.685. The largest absolute Gasteiger partial charge is 0.272 e. The van der Waals surface area contributed by atoms with E-state index in [0.717, 1.165) is 0 Å². The van der Waals surface area contributed by atoms with Crippen molar-refractivity contribution in [2.24, 2.45) is 5.10 Å². The SMILES string of the molecule is C/C=N/NC(=O)c1cccnc1. The highest BCUT2D eigenvalue weighted by atomic mass is 16.2. The second-order valence-electron chi connectivity index (χ2n) is 2.07. The summed E-state index contributed by atoms with van der Waals surface area (Å²) in [5.41, 5.74) is 2.84. The van der Waals surface area contributed by atoms with E-state index in [1.165, 1.54) is 12.4 Å². The van der Waals surface area contributed by atoms with Crippen molar-refractivity contribution in [3.8, 4) is 0 Å². The molecule has 0 aliphatic heterocycles. The molecule has 4 heteroatoms. The van der Waals surface area contributed by atoms with Crippen molar-refractivity contribution in [3.63, 3.8) is 0 Å². The number of carbonyl (C=O) groups is 1. The normalized spacial score (nSPS) is 10.1. The molecule has 0 saturated heterocycles. The van der Waals surface area contributed by atoms with Crippen molar-refractivity contribution >= 4 is 12.1 Å². The molecule has 0 bridgehead atoms. The average molecular weight is 163 g/mol. The van der Waals surface area contributed by atoms with E-state index < -0.39 is 0 Å². The standard InChI is InChI=1S/C8H9N3O/c1-2-10-11-8(12)7-4-3-5-9-6-7/h2-6H,1H3,(H,11,12)/b10-2+. The van der Waals surface area contributed by atoms with Gasteiger partial charge in [-0.3, -0.25) is 9.78 Å². The van der Waals surface area contributed by atoms with Gasteiger partial charge in [0.25, 0.3) is 5.91 Å². The Morgan fingerprint density at radius 3 is 3.17 bits per heavy atom. The van der Waals surface area contributed by atoms with Crippen molar-refractivity contribution < 1.29 is 4.79 Å². The Bertz CT molecular complexity index is 282. The summed E-state index contributed by atoms with van der Waals surface area (Å²) in [6, 6.07) is 3.37. The van der Waals surface area contributed by atoms with Crippen LogP contribution in [-0.4, -0.2) is 17.1 Å². The lowest BCUT2D eigenvalue weighted by molar-refractivity contribution is 0.0954.